The topological polar surface area (TPSA) is 88.1 Å². The predicted molar refractivity (Wildman–Crippen MR) is 101 cm³/mol. The van der Waals surface area contributed by atoms with Crippen molar-refractivity contribution in [2.45, 2.75) is 58.2 Å². The van der Waals surface area contributed by atoms with Crippen molar-refractivity contribution in [3.8, 4) is 0 Å². The summed E-state index contributed by atoms with van der Waals surface area (Å²) in [5.41, 5.74) is -0.512. The Hall–Kier alpha value is -1.77. The zero-order valence-electron chi connectivity index (χ0n) is 16.2. The van der Waals surface area contributed by atoms with Crippen LogP contribution < -0.4 is 0 Å². The Labute approximate surface area is 171 Å². The van der Waals surface area contributed by atoms with E-state index in [-0.39, 0.29) is 18.8 Å². The van der Waals surface area contributed by atoms with Crippen LogP contribution in [0.5, 0.6) is 0 Å². The molecule has 7 nitrogen and oxygen atoms in total. The van der Waals surface area contributed by atoms with E-state index in [9.17, 15) is 14.4 Å². The zero-order valence-corrected chi connectivity index (χ0v) is 17.8. The van der Waals surface area contributed by atoms with Gasteiger partial charge in [-0.15, -0.1) is 0 Å². The lowest BCUT2D eigenvalue weighted by Crippen LogP contribution is -2.41. The van der Waals surface area contributed by atoms with Crippen molar-refractivity contribution >= 4 is 33.7 Å². The number of hydrogen-bond acceptors (Lipinski definition) is 7. The van der Waals surface area contributed by atoms with Gasteiger partial charge in [0, 0.05) is 4.47 Å². The second-order valence-corrected chi connectivity index (χ2v) is 8.70. The number of esters is 2. The highest BCUT2D eigenvalue weighted by molar-refractivity contribution is 9.10. The maximum atomic E-state index is 12.8. The highest BCUT2D eigenvalue weighted by Crippen LogP contribution is 2.36. The molecule has 1 aromatic carbocycles. The second-order valence-electron chi connectivity index (χ2n) is 7.79. The average molecular weight is 455 g/mol. The maximum Gasteiger partial charge on any atom is 0.338 e. The van der Waals surface area contributed by atoms with Gasteiger partial charge in [0.2, 0.25) is 0 Å². The van der Waals surface area contributed by atoms with E-state index in [0.717, 1.165) is 10.0 Å². The third-order valence-corrected chi connectivity index (χ3v) is 5.60. The molecule has 0 aliphatic carbocycles. The fraction of sp³-hybridized carbons (Fsp3) is 0.550. The normalized spacial score (nSPS) is 27.6. The lowest BCUT2D eigenvalue weighted by Gasteiger charge is -2.26. The Morgan fingerprint density at radius 3 is 2.46 bits per heavy atom. The van der Waals surface area contributed by atoms with Crippen LogP contribution in [0.25, 0.3) is 0 Å². The third-order valence-electron chi connectivity index (χ3n) is 5.07. The van der Waals surface area contributed by atoms with Gasteiger partial charge in [0.15, 0.2) is 18.0 Å². The van der Waals surface area contributed by atoms with Crippen molar-refractivity contribution in [1.29, 1.82) is 0 Å². The van der Waals surface area contributed by atoms with Crippen molar-refractivity contribution in [2.75, 3.05) is 6.61 Å². The number of ether oxygens (including phenoxy) is 4. The highest BCUT2D eigenvalue weighted by Gasteiger charge is 2.56. The summed E-state index contributed by atoms with van der Waals surface area (Å²) in [6.45, 7) is 6.12. The van der Waals surface area contributed by atoms with Crippen molar-refractivity contribution in [1.82, 2.24) is 0 Å². The number of rotatable bonds is 6. The molecule has 2 saturated heterocycles. The molecule has 28 heavy (non-hydrogen) atoms. The van der Waals surface area contributed by atoms with E-state index in [1.807, 2.05) is 24.3 Å². The molecule has 0 N–H and O–H groups in total. The number of carbonyl (C=O) groups excluding carboxylic acids is 3. The van der Waals surface area contributed by atoms with E-state index in [4.69, 9.17) is 18.9 Å². The van der Waals surface area contributed by atoms with Gasteiger partial charge in [0.25, 0.3) is 0 Å². The molecular weight excluding hydrogens is 432 g/mol. The van der Waals surface area contributed by atoms with Crippen LogP contribution in [0.1, 0.15) is 33.3 Å². The van der Waals surface area contributed by atoms with E-state index in [0.29, 0.717) is 0 Å². The maximum absolute atomic E-state index is 12.8. The van der Waals surface area contributed by atoms with Crippen molar-refractivity contribution in [3.05, 3.63) is 34.3 Å². The quantitative estimate of drug-likeness (QED) is 0.481. The van der Waals surface area contributed by atoms with Gasteiger partial charge in [-0.25, -0.2) is 4.79 Å². The smallest absolute Gasteiger partial charge is 0.338 e. The van der Waals surface area contributed by atoms with Gasteiger partial charge < -0.3 is 18.9 Å². The number of halogens is 1. The Balaban J connectivity index is 1.67. The van der Waals surface area contributed by atoms with Crippen molar-refractivity contribution < 1.29 is 33.3 Å². The Bertz CT molecular complexity index is 788. The number of Topliss-reactive ketones (excluding diaryl/α,β-unsaturated/α-hetero) is 1. The van der Waals surface area contributed by atoms with E-state index in [1.165, 1.54) is 6.92 Å². The van der Waals surface area contributed by atoms with Crippen LogP contribution in [0.2, 0.25) is 0 Å². The summed E-state index contributed by atoms with van der Waals surface area (Å²) in [4.78, 5) is 37.0. The summed E-state index contributed by atoms with van der Waals surface area (Å²) in [5, 5.41) is 0. The molecule has 152 valence electrons. The summed E-state index contributed by atoms with van der Waals surface area (Å²) < 4.78 is 22.7. The molecule has 8 heteroatoms. The molecule has 0 bridgehead atoms. The fourth-order valence-electron chi connectivity index (χ4n) is 3.32. The molecule has 0 aromatic heterocycles. The van der Waals surface area contributed by atoms with Crippen LogP contribution in [-0.4, -0.2) is 48.4 Å². The van der Waals surface area contributed by atoms with Gasteiger partial charge >= 0.3 is 11.9 Å². The predicted octanol–water partition coefficient (Wildman–Crippen LogP) is 2.58. The minimum Gasteiger partial charge on any atom is -0.461 e. The number of fused-ring (bicyclic) bond motifs is 1. The van der Waals surface area contributed by atoms with E-state index in [2.05, 4.69) is 15.9 Å². The van der Waals surface area contributed by atoms with Gasteiger partial charge in [0.1, 0.15) is 23.9 Å². The van der Waals surface area contributed by atoms with Crippen LogP contribution in [0.4, 0.5) is 0 Å². The van der Waals surface area contributed by atoms with E-state index >= 15 is 0 Å². The first-order valence-electron chi connectivity index (χ1n) is 9.01. The Kier molecular flexibility index (Phi) is 5.67. The lowest BCUT2D eigenvalue weighted by atomic mass is 9.80. The third kappa shape index (κ3) is 4.14. The number of hydrogen-bond donors (Lipinski definition) is 0. The summed E-state index contributed by atoms with van der Waals surface area (Å²) in [6.07, 6.45) is -2.05. The monoisotopic (exact) mass is 454 g/mol. The zero-order chi connectivity index (χ0) is 20.7. The van der Waals surface area contributed by atoms with Crippen LogP contribution in [0.3, 0.4) is 0 Å². The summed E-state index contributed by atoms with van der Waals surface area (Å²) >= 11 is 3.36. The molecule has 2 aliphatic heterocycles. The lowest BCUT2D eigenvalue weighted by molar-refractivity contribution is -0.192. The van der Waals surface area contributed by atoms with E-state index in [1.54, 1.807) is 20.8 Å². The molecule has 0 unspecified atom stereocenters. The van der Waals surface area contributed by atoms with Gasteiger partial charge in [-0.05, 0) is 51.8 Å². The molecule has 4 atom stereocenters. The first-order chi connectivity index (χ1) is 13.0. The number of benzene rings is 1. The summed E-state index contributed by atoms with van der Waals surface area (Å²) in [7, 11) is 0. The molecule has 0 amide bonds. The molecule has 0 spiro atoms. The first kappa shape index (κ1) is 21.0. The van der Waals surface area contributed by atoms with Crippen LogP contribution in [0, 0.1) is 5.41 Å². The van der Waals surface area contributed by atoms with Crippen LogP contribution >= 0.6 is 15.9 Å². The molecule has 0 radical (unpaired) electrons. The standard InChI is InChI=1S/C20H23BrO7/c1-11(22)20(4,9-12-5-7-13(21)8-6-12)18(24)25-10-14-15-16(17(23)26-14)28-19(2,3)27-15/h5-8,14-16H,9-10H2,1-4H3/t14-,15-,16-,20-/m1/s1. The van der Waals surface area contributed by atoms with Crippen molar-refractivity contribution in [2.24, 2.45) is 5.41 Å². The van der Waals surface area contributed by atoms with Crippen LogP contribution in [-0.2, 0) is 39.8 Å². The molecular formula is C20H23BrO7. The van der Waals surface area contributed by atoms with Gasteiger partial charge in [-0.2, -0.15) is 0 Å². The minimum atomic E-state index is -1.35. The van der Waals surface area contributed by atoms with Gasteiger partial charge in [-0.3, -0.25) is 9.59 Å². The summed E-state index contributed by atoms with van der Waals surface area (Å²) in [6, 6.07) is 7.37. The molecule has 0 saturated carbocycles. The fourth-order valence-corrected chi connectivity index (χ4v) is 3.59. The first-order valence-corrected chi connectivity index (χ1v) is 9.80. The molecule has 2 aliphatic rings. The Morgan fingerprint density at radius 1 is 1.21 bits per heavy atom. The van der Waals surface area contributed by atoms with Gasteiger partial charge in [-0.1, -0.05) is 28.1 Å². The minimum absolute atomic E-state index is 0.200. The molecule has 3 rings (SSSR count). The van der Waals surface area contributed by atoms with Gasteiger partial charge in [0.05, 0.1) is 0 Å². The average Bonchev–Trinajstić information content (AvgIpc) is 3.08. The molecule has 1 aromatic rings. The number of ketones is 1. The van der Waals surface area contributed by atoms with Crippen LogP contribution in [0.15, 0.2) is 28.7 Å². The number of carbonyl (C=O) groups is 3. The SMILES string of the molecule is CC(=O)[C@@](C)(Cc1ccc(Br)cc1)C(=O)OC[C@H]1OC(=O)[C@@H]2OC(C)(C)O[C@H]12. The highest BCUT2D eigenvalue weighted by atomic mass is 79.9. The second kappa shape index (κ2) is 7.57. The van der Waals surface area contributed by atoms with E-state index < -0.39 is 41.5 Å². The Morgan fingerprint density at radius 2 is 1.86 bits per heavy atom. The van der Waals surface area contributed by atoms with Crippen molar-refractivity contribution in [3.63, 3.8) is 0 Å². The molecule has 2 heterocycles. The number of cyclic esters (lactones) is 1. The largest absolute Gasteiger partial charge is 0.461 e. The summed E-state index contributed by atoms with van der Waals surface area (Å²) in [5.74, 6) is -2.42. The molecule has 2 fully saturated rings.